The maximum atomic E-state index is 11.8. The number of urea groups is 1. The van der Waals surface area contributed by atoms with Crippen LogP contribution in [0.25, 0.3) is 0 Å². The molecule has 0 spiro atoms. The second-order valence-corrected chi connectivity index (χ2v) is 4.66. The van der Waals surface area contributed by atoms with Gasteiger partial charge < -0.3 is 15.3 Å². The minimum Gasteiger partial charge on any atom is -0.481 e. The van der Waals surface area contributed by atoms with Gasteiger partial charge in [-0.05, 0) is 5.92 Å². The van der Waals surface area contributed by atoms with Gasteiger partial charge in [0.25, 0.3) is 0 Å². The molecule has 1 heterocycles. The van der Waals surface area contributed by atoms with Crippen LogP contribution in [0.15, 0.2) is 6.33 Å². The standard InChI is InChI=1S/C11H19N5O3/c1-7(2)8(10(17)18)4-12-11(19)16(3)5-9-13-6-14-15-9/h6-8H,4-5H2,1-3H3,(H,12,19)(H,17,18)(H,13,14,15). The number of carboxylic acid groups (broad SMARTS) is 1. The molecule has 0 aliphatic heterocycles. The van der Waals surface area contributed by atoms with E-state index in [9.17, 15) is 9.59 Å². The third-order valence-electron chi connectivity index (χ3n) is 2.79. The number of carboxylic acids is 1. The zero-order valence-electron chi connectivity index (χ0n) is 11.3. The minimum absolute atomic E-state index is 0.0441. The lowest BCUT2D eigenvalue weighted by Gasteiger charge is -2.20. The minimum atomic E-state index is -0.909. The summed E-state index contributed by atoms with van der Waals surface area (Å²) in [5.74, 6) is -0.982. The lowest BCUT2D eigenvalue weighted by atomic mass is 9.96. The molecule has 0 aliphatic rings. The number of hydrogen-bond donors (Lipinski definition) is 3. The van der Waals surface area contributed by atoms with Gasteiger partial charge in [-0.15, -0.1) is 0 Å². The Morgan fingerprint density at radius 3 is 2.68 bits per heavy atom. The molecule has 0 aromatic carbocycles. The van der Waals surface area contributed by atoms with Crippen LogP contribution in [0.1, 0.15) is 19.7 Å². The molecule has 0 fully saturated rings. The molecule has 3 N–H and O–H groups in total. The fraction of sp³-hybridized carbons (Fsp3) is 0.636. The summed E-state index contributed by atoms with van der Waals surface area (Å²) >= 11 is 0. The van der Waals surface area contributed by atoms with Crippen LogP contribution in [0, 0.1) is 11.8 Å². The molecule has 1 aromatic rings. The van der Waals surface area contributed by atoms with E-state index in [2.05, 4.69) is 20.5 Å². The van der Waals surface area contributed by atoms with Crippen LogP contribution in [-0.4, -0.2) is 50.8 Å². The Kier molecular flexibility index (Phi) is 5.28. The van der Waals surface area contributed by atoms with Crippen molar-refractivity contribution in [2.75, 3.05) is 13.6 Å². The monoisotopic (exact) mass is 269 g/mol. The van der Waals surface area contributed by atoms with E-state index in [0.29, 0.717) is 5.82 Å². The molecule has 0 saturated carbocycles. The first kappa shape index (κ1) is 14.9. The van der Waals surface area contributed by atoms with Gasteiger partial charge in [-0.3, -0.25) is 9.89 Å². The van der Waals surface area contributed by atoms with E-state index in [0.717, 1.165) is 0 Å². The van der Waals surface area contributed by atoms with Gasteiger partial charge in [0, 0.05) is 13.6 Å². The number of rotatable bonds is 6. The number of aromatic amines is 1. The Balaban J connectivity index is 2.43. The number of carbonyl (C=O) groups excluding carboxylic acids is 1. The van der Waals surface area contributed by atoms with E-state index >= 15 is 0 Å². The molecular weight excluding hydrogens is 250 g/mol. The Morgan fingerprint density at radius 1 is 1.53 bits per heavy atom. The van der Waals surface area contributed by atoms with Gasteiger partial charge in [-0.2, -0.15) is 5.10 Å². The van der Waals surface area contributed by atoms with Crippen LogP contribution >= 0.6 is 0 Å². The maximum absolute atomic E-state index is 11.8. The van der Waals surface area contributed by atoms with Crippen LogP contribution in [0.4, 0.5) is 4.79 Å². The van der Waals surface area contributed by atoms with Crippen molar-refractivity contribution in [2.24, 2.45) is 11.8 Å². The molecular formula is C11H19N5O3. The fourth-order valence-electron chi connectivity index (χ4n) is 1.54. The molecule has 8 heteroatoms. The van der Waals surface area contributed by atoms with E-state index in [4.69, 9.17) is 5.11 Å². The first-order valence-corrected chi connectivity index (χ1v) is 5.97. The van der Waals surface area contributed by atoms with Gasteiger partial charge in [-0.25, -0.2) is 9.78 Å². The number of nitrogens with one attached hydrogen (secondary N) is 2. The van der Waals surface area contributed by atoms with E-state index in [-0.39, 0.29) is 25.0 Å². The smallest absolute Gasteiger partial charge is 0.317 e. The quantitative estimate of drug-likeness (QED) is 0.688. The number of nitrogens with zero attached hydrogens (tertiary/aromatic N) is 3. The first-order chi connectivity index (χ1) is 8.91. The predicted octanol–water partition coefficient (Wildman–Crippen LogP) is 0.303. The highest BCUT2D eigenvalue weighted by molar-refractivity contribution is 5.75. The summed E-state index contributed by atoms with van der Waals surface area (Å²) in [7, 11) is 1.60. The lowest BCUT2D eigenvalue weighted by Crippen LogP contribution is -2.42. The molecule has 1 aromatic heterocycles. The van der Waals surface area contributed by atoms with Crippen LogP contribution in [0.2, 0.25) is 0 Å². The third-order valence-corrected chi connectivity index (χ3v) is 2.79. The number of aromatic nitrogens is 3. The molecule has 2 amide bonds. The van der Waals surface area contributed by atoms with Crippen molar-refractivity contribution in [3.63, 3.8) is 0 Å². The van der Waals surface area contributed by atoms with Crippen LogP contribution in [-0.2, 0) is 11.3 Å². The summed E-state index contributed by atoms with van der Waals surface area (Å²) in [6.45, 7) is 4.00. The van der Waals surface area contributed by atoms with Gasteiger partial charge in [0.05, 0.1) is 12.5 Å². The highest BCUT2D eigenvalue weighted by atomic mass is 16.4. The molecule has 8 nitrogen and oxygen atoms in total. The van der Waals surface area contributed by atoms with Crippen molar-refractivity contribution in [3.05, 3.63) is 12.2 Å². The van der Waals surface area contributed by atoms with Gasteiger partial charge in [0.15, 0.2) is 0 Å². The molecule has 19 heavy (non-hydrogen) atoms. The number of H-pyrrole nitrogens is 1. The van der Waals surface area contributed by atoms with Crippen molar-refractivity contribution < 1.29 is 14.7 Å². The summed E-state index contributed by atoms with van der Waals surface area (Å²) in [4.78, 5) is 28.1. The average molecular weight is 269 g/mol. The highest BCUT2D eigenvalue weighted by Gasteiger charge is 2.22. The van der Waals surface area contributed by atoms with E-state index in [1.807, 2.05) is 13.8 Å². The topological polar surface area (TPSA) is 111 Å². The van der Waals surface area contributed by atoms with Crippen molar-refractivity contribution in [3.8, 4) is 0 Å². The summed E-state index contributed by atoms with van der Waals surface area (Å²) < 4.78 is 0. The van der Waals surface area contributed by atoms with Crippen LogP contribution in [0.3, 0.4) is 0 Å². The SMILES string of the molecule is CC(C)C(CNC(=O)N(C)Cc1ncn[nH]1)C(=O)O. The Bertz CT molecular complexity index is 418. The summed E-state index contributed by atoms with van der Waals surface area (Å²) in [6.07, 6.45) is 1.36. The zero-order chi connectivity index (χ0) is 14.4. The van der Waals surface area contributed by atoms with Crippen molar-refractivity contribution in [2.45, 2.75) is 20.4 Å². The first-order valence-electron chi connectivity index (χ1n) is 5.97. The van der Waals surface area contributed by atoms with E-state index in [1.165, 1.54) is 11.2 Å². The number of hydrogen-bond acceptors (Lipinski definition) is 4. The van der Waals surface area contributed by atoms with E-state index in [1.54, 1.807) is 7.05 Å². The summed E-state index contributed by atoms with van der Waals surface area (Å²) in [5.41, 5.74) is 0. The molecule has 0 saturated heterocycles. The lowest BCUT2D eigenvalue weighted by molar-refractivity contribution is -0.142. The Labute approximate surface area is 111 Å². The number of amides is 2. The second kappa shape index (κ2) is 6.72. The predicted molar refractivity (Wildman–Crippen MR) is 67.2 cm³/mol. The Morgan fingerprint density at radius 2 is 2.21 bits per heavy atom. The molecule has 1 atom stereocenters. The number of carbonyl (C=O) groups is 2. The van der Waals surface area contributed by atoms with Gasteiger partial charge in [-0.1, -0.05) is 13.8 Å². The highest BCUT2D eigenvalue weighted by Crippen LogP contribution is 2.09. The van der Waals surface area contributed by atoms with E-state index < -0.39 is 11.9 Å². The van der Waals surface area contributed by atoms with Gasteiger partial charge in [0.2, 0.25) is 0 Å². The van der Waals surface area contributed by atoms with Gasteiger partial charge >= 0.3 is 12.0 Å². The van der Waals surface area contributed by atoms with Crippen LogP contribution in [0.5, 0.6) is 0 Å². The second-order valence-electron chi connectivity index (χ2n) is 4.66. The van der Waals surface area contributed by atoms with Gasteiger partial charge in [0.1, 0.15) is 12.2 Å². The zero-order valence-corrected chi connectivity index (χ0v) is 11.3. The largest absolute Gasteiger partial charge is 0.481 e. The van der Waals surface area contributed by atoms with Crippen molar-refractivity contribution in [1.29, 1.82) is 0 Å². The fourth-order valence-corrected chi connectivity index (χ4v) is 1.54. The molecule has 106 valence electrons. The van der Waals surface area contributed by atoms with Crippen molar-refractivity contribution in [1.82, 2.24) is 25.4 Å². The number of aliphatic carboxylic acids is 1. The maximum Gasteiger partial charge on any atom is 0.317 e. The summed E-state index contributed by atoms with van der Waals surface area (Å²) in [5, 5.41) is 17.9. The normalized spacial score (nSPS) is 12.2. The molecule has 1 unspecified atom stereocenters. The molecule has 0 aliphatic carbocycles. The molecule has 0 bridgehead atoms. The van der Waals surface area contributed by atoms with Crippen LogP contribution < -0.4 is 5.32 Å². The Hall–Kier alpha value is -2.12. The van der Waals surface area contributed by atoms with Crippen molar-refractivity contribution >= 4 is 12.0 Å². The molecule has 0 radical (unpaired) electrons. The average Bonchev–Trinajstić information content (AvgIpc) is 2.80. The molecule has 1 rings (SSSR count). The summed E-state index contributed by atoms with van der Waals surface area (Å²) in [6, 6.07) is -0.344. The third kappa shape index (κ3) is 4.57.